The highest BCUT2D eigenvalue weighted by Gasteiger charge is 2.59. The summed E-state index contributed by atoms with van der Waals surface area (Å²) in [5.41, 5.74) is 43.0. The second-order valence-corrected chi connectivity index (χ2v) is 18.7. The number of primary amides is 1. The van der Waals surface area contributed by atoms with E-state index in [-0.39, 0.29) is 23.6 Å². The molecule has 9 heteroatoms. The lowest BCUT2D eigenvalue weighted by molar-refractivity contribution is -0.0578. The predicted molar refractivity (Wildman–Crippen MR) is 219 cm³/mol. The summed E-state index contributed by atoms with van der Waals surface area (Å²) in [6.45, 7) is 15.2. The Hall–Kier alpha value is -1.23. The zero-order valence-corrected chi connectivity index (χ0v) is 34.4. The maximum atomic E-state index is 11.3. The summed E-state index contributed by atoms with van der Waals surface area (Å²) in [5, 5.41) is 0. The lowest BCUT2D eigenvalue weighted by atomic mass is 9.47. The van der Waals surface area contributed by atoms with Crippen LogP contribution in [-0.2, 0) is 4.74 Å². The number of carbonyl (C=O) groups is 1. The third-order valence-electron chi connectivity index (χ3n) is 15.1. The Balaban J connectivity index is 0.000000306. The molecule has 9 nitrogen and oxygen atoms in total. The normalized spacial score (nSPS) is 31.2. The van der Waals surface area contributed by atoms with Crippen LogP contribution in [0.25, 0.3) is 0 Å². The molecule has 4 rings (SSSR count). The summed E-state index contributed by atoms with van der Waals surface area (Å²) in [4.78, 5) is 11.3. The first kappa shape index (κ1) is 45.2. The van der Waals surface area contributed by atoms with Gasteiger partial charge in [-0.1, -0.05) is 65.5 Å². The van der Waals surface area contributed by atoms with Crippen molar-refractivity contribution in [3.05, 3.63) is 11.6 Å². The molecule has 0 aromatic rings. The Morgan fingerprint density at radius 1 is 0.808 bits per heavy atom. The number of allylic oxidation sites excluding steroid dienone is 1. The molecule has 3 fully saturated rings. The van der Waals surface area contributed by atoms with Crippen LogP contribution < -0.4 is 40.1 Å². The van der Waals surface area contributed by atoms with Gasteiger partial charge < -0.3 is 44.9 Å². The average Bonchev–Trinajstić information content (AvgIpc) is 3.46. The minimum absolute atomic E-state index is 0.00946. The number of rotatable bonds is 20. The quantitative estimate of drug-likeness (QED) is 0.0499. The molecular weight excluding hydrogens is 647 g/mol. The number of nitrogens with two attached hydrogens (primary N) is 7. The fourth-order valence-electron chi connectivity index (χ4n) is 12.5. The molecule has 0 aromatic heterocycles. The van der Waals surface area contributed by atoms with E-state index in [2.05, 4.69) is 40.7 Å². The highest BCUT2D eigenvalue weighted by molar-refractivity contribution is 5.64. The second kappa shape index (κ2) is 21.2. The van der Waals surface area contributed by atoms with Gasteiger partial charge in [0.2, 0.25) is 0 Å². The number of hydrogen-bond acceptors (Lipinski definition) is 8. The number of fused-ring (bicyclic) bond motifs is 5. The molecular formula is C43H85N7O2. The first-order valence-electron chi connectivity index (χ1n) is 21.7. The largest absolute Gasteiger partial charge is 0.446 e. The molecule has 3 saturated carbocycles. The van der Waals surface area contributed by atoms with E-state index in [1.807, 2.05) is 0 Å². The fraction of sp³-hybridized carbons (Fsp3) is 0.930. The standard InChI is InChI=1S/C28H47NO2.C15H38N6/c1-18(2)7-6-8-19(3)23-11-12-24-22-10-9-20-17-21(31-26(29)30)13-15-27(20,4)25(22)14-16-28(23,24)5;16-9-1-5-13(14(20)21)15(6-2-10-17,7-3-11-18)8-4-12-19/h9,18-19,21-25H,6-8,10-17H2,1-5H3,(H2,29,30);13-14H,1-12,16-21H2/t19-,21?,22?,23-,24?,25?,27+,28-;/m1./s1. The smallest absolute Gasteiger partial charge is 0.404 e. The average molecular weight is 732 g/mol. The van der Waals surface area contributed by atoms with Gasteiger partial charge in [0.1, 0.15) is 6.10 Å². The Kier molecular flexibility index (Phi) is 18.4. The maximum Gasteiger partial charge on any atom is 0.404 e. The third-order valence-corrected chi connectivity index (χ3v) is 15.1. The summed E-state index contributed by atoms with van der Waals surface area (Å²) >= 11 is 0. The first-order valence-corrected chi connectivity index (χ1v) is 21.7. The van der Waals surface area contributed by atoms with Crippen molar-refractivity contribution in [2.75, 3.05) is 26.2 Å². The molecule has 0 aliphatic heterocycles. The summed E-state index contributed by atoms with van der Waals surface area (Å²) < 4.78 is 5.39. The summed E-state index contributed by atoms with van der Waals surface area (Å²) in [5.74, 6) is 5.45. The van der Waals surface area contributed by atoms with Crippen LogP contribution in [0.15, 0.2) is 11.6 Å². The van der Waals surface area contributed by atoms with Crippen LogP contribution in [0.4, 0.5) is 4.79 Å². The topological polar surface area (TPSA) is 208 Å². The summed E-state index contributed by atoms with van der Waals surface area (Å²) in [6.07, 6.45) is 23.8. The van der Waals surface area contributed by atoms with E-state index in [1.54, 1.807) is 5.57 Å². The molecule has 9 atom stereocenters. The number of carbonyl (C=O) groups excluding carboxylic acids is 1. The molecule has 0 radical (unpaired) electrons. The van der Waals surface area contributed by atoms with E-state index in [0.717, 1.165) is 106 Å². The summed E-state index contributed by atoms with van der Waals surface area (Å²) in [7, 11) is 0. The van der Waals surface area contributed by atoms with Crippen molar-refractivity contribution in [2.24, 2.45) is 97.8 Å². The lowest BCUT2D eigenvalue weighted by Gasteiger charge is -2.58. The van der Waals surface area contributed by atoms with Crippen LogP contribution in [0.1, 0.15) is 157 Å². The van der Waals surface area contributed by atoms with Crippen LogP contribution >= 0.6 is 0 Å². The van der Waals surface area contributed by atoms with Gasteiger partial charge in [-0.3, -0.25) is 0 Å². The Morgan fingerprint density at radius 2 is 1.42 bits per heavy atom. The zero-order chi connectivity index (χ0) is 38.5. The number of ether oxygens (including phenoxy) is 1. The van der Waals surface area contributed by atoms with Crippen LogP contribution in [-0.4, -0.2) is 44.5 Å². The Labute approximate surface area is 319 Å². The Bertz CT molecular complexity index is 1060. The minimum atomic E-state index is -0.615. The second-order valence-electron chi connectivity index (χ2n) is 18.7. The van der Waals surface area contributed by atoms with Gasteiger partial charge in [0.25, 0.3) is 0 Å². The minimum Gasteiger partial charge on any atom is -0.446 e. The molecule has 4 aliphatic carbocycles. The fourth-order valence-corrected chi connectivity index (χ4v) is 12.5. The molecule has 5 unspecified atom stereocenters. The van der Waals surface area contributed by atoms with Gasteiger partial charge in [0.15, 0.2) is 0 Å². The highest BCUT2D eigenvalue weighted by Crippen LogP contribution is 2.67. The van der Waals surface area contributed by atoms with E-state index in [4.69, 9.17) is 44.9 Å². The van der Waals surface area contributed by atoms with Crippen molar-refractivity contribution < 1.29 is 9.53 Å². The molecule has 0 saturated heterocycles. The molecule has 0 aromatic carbocycles. The van der Waals surface area contributed by atoms with Gasteiger partial charge in [-0.25, -0.2) is 4.79 Å². The highest BCUT2D eigenvalue weighted by atomic mass is 16.6. The zero-order valence-electron chi connectivity index (χ0n) is 34.4. The van der Waals surface area contributed by atoms with Gasteiger partial charge in [-0.15, -0.1) is 0 Å². The molecule has 304 valence electrons. The van der Waals surface area contributed by atoms with Gasteiger partial charge in [-0.05, 0) is 180 Å². The molecule has 1 amide bonds. The van der Waals surface area contributed by atoms with Crippen LogP contribution in [0, 0.1) is 57.7 Å². The molecule has 0 spiro atoms. The van der Waals surface area contributed by atoms with Crippen molar-refractivity contribution in [3.8, 4) is 0 Å². The maximum absolute atomic E-state index is 11.3. The van der Waals surface area contributed by atoms with Crippen LogP contribution in [0.2, 0.25) is 0 Å². The van der Waals surface area contributed by atoms with E-state index in [0.29, 0.717) is 37.0 Å². The Morgan fingerprint density at radius 3 is 1.96 bits per heavy atom. The monoisotopic (exact) mass is 732 g/mol. The van der Waals surface area contributed by atoms with Gasteiger partial charge in [0, 0.05) is 6.42 Å². The first-order chi connectivity index (χ1) is 24.7. The molecule has 14 N–H and O–H groups in total. The van der Waals surface area contributed by atoms with Gasteiger partial charge >= 0.3 is 6.09 Å². The van der Waals surface area contributed by atoms with Crippen molar-refractivity contribution in [1.82, 2.24) is 0 Å². The number of hydrogen-bond donors (Lipinski definition) is 7. The SMILES string of the molecule is CC(C)CCC[C@@H](C)[C@H]1CCC2C3CC=C4CC(OC(N)=O)CC[C@]4(C)C3CC[C@@]21C.NCCCC(C(N)N)C(CCCN)(CCCN)CCCN. The van der Waals surface area contributed by atoms with Gasteiger partial charge in [0.05, 0.1) is 6.17 Å². The third kappa shape index (κ3) is 11.2. The molecule has 0 bridgehead atoms. The number of amides is 1. The van der Waals surface area contributed by atoms with Crippen LogP contribution in [0.3, 0.4) is 0 Å². The molecule has 52 heavy (non-hydrogen) atoms. The van der Waals surface area contributed by atoms with Crippen molar-refractivity contribution in [3.63, 3.8) is 0 Å². The van der Waals surface area contributed by atoms with E-state index in [1.165, 1.54) is 51.4 Å². The van der Waals surface area contributed by atoms with Gasteiger partial charge in [-0.2, -0.15) is 0 Å². The van der Waals surface area contributed by atoms with Crippen molar-refractivity contribution in [2.45, 2.75) is 169 Å². The summed E-state index contributed by atoms with van der Waals surface area (Å²) in [6, 6.07) is 0. The van der Waals surface area contributed by atoms with Crippen molar-refractivity contribution in [1.29, 1.82) is 0 Å². The molecule has 0 heterocycles. The van der Waals surface area contributed by atoms with E-state index >= 15 is 0 Å². The lowest BCUT2D eigenvalue weighted by Crippen LogP contribution is -2.51. The van der Waals surface area contributed by atoms with Crippen molar-refractivity contribution >= 4 is 6.09 Å². The van der Waals surface area contributed by atoms with E-state index < -0.39 is 6.09 Å². The van der Waals surface area contributed by atoms with Crippen LogP contribution in [0.5, 0.6) is 0 Å². The van der Waals surface area contributed by atoms with E-state index in [9.17, 15) is 4.79 Å². The predicted octanol–water partition coefficient (Wildman–Crippen LogP) is 7.28. The molecule has 4 aliphatic rings.